The van der Waals surface area contributed by atoms with Gasteiger partial charge >= 0.3 is 5.97 Å². The first-order chi connectivity index (χ1) is 12.6. The molecule has 1 aliphatic rings. The molecule has 0 bridgehead atoms. The highest BCUT2D eigenvalue weighted by Gasteiger charge is 2.63. The molecule has 0 saturated heterocycles. The molecule has 136 valence electrons. The van der Waals surface area contributed by atoms with Crippen LogP contribution in [-0.2, 0) is 25.7 Å². The summed E-state index contributed by atoms with van der Waals surface area (Å²) in [5, 5.41) is 2.86. The van der Waals surface area contributed by atoms with E-state index in [0.717, 1.165) is 11.1 Å². The molecule has 1 fully saturated rings. The van der Waals surface area contributed by atoms with Gasteiger partial charge in [-0.2, -0.15) is 0 Å². The summed E-state index contributed by atoms with van der Waals surface area (Å²) < 4.78 is 10.6. The number of methoxy groups -OCH3 is 1. The van der Waals surface area contributed by atoms with Crippen LogP contribution < -0.4 is 5.32 Å². The molecule has 5 heteroatoms. The minimum Gasteiger partial charge on any atom is -0.467 e. The summed E-state index contributed by atoms with van der Waals surface area (Å²) in [7, 11) is 1.34. The number of hydrogen-bond donors (Lipinski definition) is 1. The van der Waals surface area contributed by atoms with Crippen LogP contribution in [-0.4, -0.2) is 30.6 Å². The van der Waals surface area contributed by atoms with Gasteiger partial charge in [0.25, 0.3) is 0 Å². The monoisotopic (exact) mass is 353 g/mol. The van der Waals surface area contributed by atoms with Gasteiger partial charge in [-0.3, -0.25) is 4.79 Å². The second-order valence-corrected chi connectivity index (χ2v) is 6.56. The number of carbonyl (C=O) groups is 2. The lowest BCUT2D eigenvalue weighted by molar-refractivity contribution is -0.148. The molecule has 5 nitrogen and oxygen atoms in total. The average molecular weight is 353 g/mol. The fraction of sp³-hybridized carbons (Fsp3) is 0.333. The fourth-order valence-electron chi connectivity index (χ4n) is 3.14. The van der Waals surface area contributed by atoms with Crippen molar-refractivity contribution in [2.24, 2.45) is 0 Å². The zero-order valence-electron chi connectivity index (χ0n) is 15.0. The van der Waals surface area contributed by atoms with Crippen LogP contribution in [0.2, 0.25) is 0 Å². The van der Waals surface area contributed by atoms with E-state index in [2.05, 4.69) is 5.32 Å². The summed E-state index contributed by atoms with van der Waals surface area (Å²) >= 11 is 0. The van der Waals surface area contributed by atoms with E-state index < -0.39 is 17.6 Å². The van der Waals surface area contributed by atoms with E-state index in [1.54, 1.807) is 6.92 Å². The van der Waals surface area contributed by atoms with Crippen LogP contribution in [0.15, 0.2) is 60.7 Å². The minimum absolute atomic E-state index is 0.0820. The molecule has 0 spiro atoms. The molecule has 0 radical (unpaired) electrons. The Labute approximate surface area is 153 Å². The van der Waals surface area contributed by atoms with Crippen LogP contribution in [0, 0.1) is 0 Å². The second kappa shape index (κ2) is 7.70. The highest BCUT2D eigenvalue weighted by atomic mass is 16.5. The quantitative estimate of drug-likeness (QED) is 0.778. The van der Waals surface area contributed by atoms with E-state index in [1.807, 2.05) is 60.7 Å². The van der Waals surface area contributed by atoms with Crippen LogP contribution in [0.3, 0.4) is 0 Å². The predicted octanol–water partition coefficient (Wildman–Crippen LogP) is 2.81. The van der Waals surface area contributed by atoms with Gasteiger partial charge in [0.2, 0.25) is 5.91 Å². The molecule has 2 unspecified atom stereocenters. The van der Waals surface area contributed by atoms with E-state index in [-0.39, 0.29) is 11.8 Å². The van der Waals surface area contributed by atoms with Crippen molar-refractivity contribution >= 4 is 11.9 Å². The molecule has 0 aliphatic heterocycles. The normalized spacial score (nSPS) is 22.3. The fourth-order valence-corrected chi connectivity index (χ4v) is 3.14. The van der Waals surface area contributed by atoms with Gasteiger partial charge in [-0.25, -0.2) is 4.79 Å². The maximum atomic E-state index is 12.6. The molecule has 1 saturated carbocycles. The molecule has 26 heavy (non-hydrogen) atoms. The summed E-state index contributed by atoms with van der Waals surface area (Å²) in [5.41, 5.74) is 0.997. The molecule has 1 aliphatic carbocycles. The Hall–Kier alpha value is -2.66. The van der Waals surface area contributed by atoms with Gasteiger partial charge in [-0.1, -0.05) is 60.7 Å². The van der Waals surface area contributed by atoms with Crippen molar-refractivity contribution in [2.45, 2.75) is 37.5 Å². The molecule has 1 N–H and O–H groups in total. The minimum atomic E-state index is -1.00. The molecule has 3 rings (SSSR count). The number of nitrogens with one attached hydrogen (secondary N) is 1. The van der Waals surface area contributed by atoms with Crippen LogP contribution in [0.1, 0.15) is 30.4 Å². The molecular weight excluding hydrogens is 330 g/mol. The molecule has 3 atom stereocenters. The first kappa shape index (κ1) is 18.1. The second-order valence-electron chi connectivity index (χ2n) is 6.56. The van der Waals surface area contributed by atoms with E-state index >= 15 is 0 Å². The van der Waals surface area contributed by atoms with Crippen molar-refractivity contribution in [2.75, 3.05) is 7.11 Å². The van der Waals surface area contributed by atoms with Gasteiger partial charge in [-0.05, 0) is 24.5 Å². The van der Waals surface area contributed by atoms with Gasteiger partial charge < -0.3 is 14.8 Å². The average Bonchev–Trinajstić information content (AvgIpc) is 3.42. The zero-order valence-corrected chi connectivity index (χ0v) is 15.0. The third-order valence-corrected chi connectivity index (χ3v) is 4.77. The Bertz CT molecular complexity index is 762. The van der Waals surface area contributed by atoms with Crippen LogP contribution >= 0.6 is 0 Å². The number of ether oxygens (including phenoxy) is 2. The number of benzene rings is 2. The SMILES string of the molecule is COC(=O)C1(NC(=O)[C@H](C)OCc2ccccc2)CC1c1ccccc1. The van der Waals surface area contributed by atoms with Gasteiger partial charge in [0, 0.05) is 5.92 Å². The maximum Gasteiger partial charge on any atom is 0.332 e. The number of rotatable bonds is 7. The van der Waals surface area contributed by atoms with E-state index in [4.69, 9.17) is 9.47 Å². The molecule has 1 amide bonds. The summed E-state index contributed by atoms with van der Waals surface area (Å²) in [6, 6.07) is 19.3. The lowest BCUT2D eigenvalue weighted by Gasteiger charge is -2.20. The van der Waals surface area contributed by atoms with Gasteiger partial charge in [-0.15, -0.1) is 0 Å². The predicted molar refractivity (Wildman–Crippen MR) is 97.4 cm³/mol. The van der Waals surface area contributed by atoms with Crippen LogP contribution in [0.5, 0.6) is 0 Å². The Kier molecular flexibility index (Phi) is 5.38. The van der Waals surface area contributed by atoms with Crippen molar-refractivity contribution in [1.29, 1.82) is 0 Å². The van der Waals surface area contributed by atoms with Crippen molar-refractivity contribution in [3.63, 3.8) is 0 Å². The number of amides is 1. The summed E-state index contributed by atoms with van der Waals surface area (Å²) in [4.78, 5) is 24.9. The van der Waals surface area contributed by atoms with Crippen LogP contribution in [0.25, 0.3) is 0 Å². The van der Waals surface area contributed by atoms with E-state index in [0.29, 0.717) is 13.0 Å². The zero-order chi connectivity index (χ0) is 18.6. The third-order valence-electron chi connectivity index (χ3n) is 4.77. The Morgan fingerprint density at radius 3 is 2.35 bits per heavy atom. The molecular formula is C21H23NO4. The molecule has 0 aromatic heterocycles. The topological polar surface area (TPSA) is 64.6 Å². The highest BCUT2D eigenvalue weighted by Crippen LogP contribution is 2.52. The highest BCUT2D eigenvalue weighted by molar-refractivity contribution is 5.94. The van der Waals surface area contributed by atoms with Crippen molar-refractivity contribution < 1.29 is 19.1 Å². The van der Waals surface area contributed by atoms with E-state index in [9.17, 15) is 9.59 Å². The first-order valence-corrected chi connectivity index (χ1v) is 8.68. The van der Waals surface area contributed by atoms with Gasteiger partial charge in [0.05, 0.1) is 13.7 Å². The summed E-state index contributed by atoms with van der Waals surface area (Å²) in [5.74, 6) is -0.818. The summed E-state index contributed by atoms with van der Waals surface area (Å²) in [6.07, 6.45) is -0.144. The van der Waals surface area contributed by atoms with Crippen molar-refractivity contribution in [3.05, 3.63) is 71.8 Å². The Balaban J connectivity index is 1.64. The third kappa shape index (κ3) is 3.78. The Morgan fingerprint density at radius 1 is 1.12 bits per heavy atom. The maximum absolute atomic E-state index is 12.6. The van der Waals surface area contributed by atoms with E-state index in [1.165, 1.54) is 7.11 Å². The standard InChI is InChI=1S/C21H23NO4/c1-15(26-14-16-9-5-3-6-10-16)19(23)22-21(20(24)25-2)13-18(21)17-11-7-4-8-12-17/h3-12,15,18H,13-14H2,1-2H3,(H,22,23)/t15-,18?,21?/m0/s1. The molecule has 2 aromatic rings. The molecule has 2 aromatic carbocycles. The van der Waals surface area contributed by atoms with Gasteiger partial charge in [0.15, 0.2) is 0 Å². The number of esters is 1. The van der Waals surface area contributed by atoms with Crippen molar-refractivity contribution in [1.82, 2.24) is 5.32 Å². The first-order valence-electron chi connectivity index (χ1n) is 8.68. The van der Waals surface area contributed by atoms with Gasteiger partial charge in [0.1, 0.15) is 11.6 Å². The molecule has 0 heterocycles. The summed E-state index contributed by atoms with van der Waals surface area (Å²) in [6.45, 7) is 2.02. The van der Waals surface area contributed by atoms with Crippen molar-refractivity contribution in [3.8, 4) is 0 Å². The lowest BCUT2D eigenvalue weighted by Crippen LogP contribution is -2.49. The van der Waals surface area contributed by atoms with Crippen LogP contribution in [0.4, 0.5) is 0 Å². The Morgan fingerprint density at radius 2 is 1.73 bits per heavy atom. The largest absolute Gasteiger partial charge is 0.467 e. The lowest BCUT2D eigenvalue weighted by atomic mass is 10.1. The number of carbonyl (C=O) groups excluding carboxylic acids is 2. The number of hydrogen-bond acceptors (Lipinski definition) is 4. The smallest absolute Gasteiger partial charge is 0.332 e.